The van der Waals surface area contributed by atoms with E-state index in [4.69, 9.17) is 4.52 Å². The molecule has 0 aromatic carbocycles. The Kier molecular flexibility index (Phi) is 3.74. The van der Waals surface area contributed by atoms with Crippen molar-refractivity contribution < 1.29 is 9.32 Å². The number of aromatic nitrogens is 2. The highest BCUT2D eigenvalue weighted by Crippen LogP contribution is 2.16. The minimum Gasteiger partial charge on any atom is -0.361 e. The second kappa shape index (κ2) is 5.32. The molecule has 0 aliphatic carbocycles. The normalized spacial score (nSPS) is 10.6. The zero-order valence-electron chi connectivity index (χ0n) is 12.0. The number of hydrogen-bond acceptors (Lipinski definition) is 4. The van der Waals surface area contributed by atoms with E-state index < -0.39 is 0 Å². The first-order valence-electron chi connectivity index (χ1n) is 6.41. The van der Waals surface area contributed by atoms with E-state index in [9.17, 15) is 9.59 Å². The largest absolute Gasteiger partial charge is 0.361 e. The molecule has 0 atom stereocenters. The van der Waals surface area contributed by atoms with Gasteiger partial charge in [0.15, 0.2) is 0 Å². The molecule has 0 spiro atoms. The molecule has 6 nitrogen and oxygen atoms in total. The van der Waals surface area contributed by atoms with Crippen LogP contribution in [0.15, 0.2) is 15.4 Å². The summed E-state index contributed by atoms with van der Waals surface area (Å²) in [4.78, 5) is 26.8. The van der Waals surface area contributed by atoms with Crippen molar-refractivity contribution in [2.45, 2.75) is 34.1 Å². The average molecular weight is 275 g/mol. The summed E-state index contributed by atoms with van der Waals surface area (Å²) in [5.74, 6) is 0.0639. The van der Waals surface area contributed by atoms with Crippen molar-refractivity contribution in [1.29, 1.82) is 0 Å². The summed E-state index contributed by atoms with van der Waals surface area (Å²) in [5, 5.41) is 6.44. The highest BCUT2D eigenvalue weighted by Gasteiger charge is 2.20. The Hall–Kier alpha value is -2.37. The number of aryl methyl sites for hydroxylation is 4. The van der Waals surface area contributed by atoms with E-state index in [1.807, 2.05) is 20.8 Å². The maximum atomic E-state index is 12.3. The fourth-order valence-corrected chi connectivity index (χ4v) is 1.95. The van der Waals surface area contributed by atoms with Gasteiger partial charge in [-0.2, -0.15) is 0 Å². The van der Waals surface area contributed by atoms with Gasteiger partial charge in [-0.05, 0) is 38.8 Å². The Morgan fingerprint density at radius 2 is 2.10 bits per heavy atom. The Labute approximate surface area is 116 Å². The third-order valence-electron chi connectivity index (χ3n) is 3.24. The highest BCUT2D eigenvalue weighted by molar-refractivity contribution is 6.05. The van der Waals surface area contributed by atoms with Gasteiger partial charge in [-0.15, -0.1) is 0 Å². The third-order valence-corrected chi connectivity index (χ3v) is 3.24. The molecule has 0 radical (unpaired) electrons. The lowest BCUT2D eigenvalue weighted by atomic mass is 10.1. The lowest BCUT2D eigenvalue weighted by molar-refractivity contribution is 0.102. The Morgan fingerprint density at radius 1 is 1.40 bits per heavy atom. The number of hydrogen-bond donors (Lipinski definition) is 2. The van der Waals surface area contributed by atoms with Crippen LogP contribution in [-0.4, -0.2) is 16.0 Å². The number of aromatic amines is 1. The molecular weight excluding hydrogens is 258 g/mol. The minimum absolute atomic E-state index is 0.223. The van der Waals surface area contributed by atoms with E-state index in [0.717, 1.165) is 11.3 Å². The van der Waals surface area contributed by atoms with Crippen molar-refractivity contribution in [3.8, 4) is 0 Å². The third kappa shape index (κ3) is 2.49. The first-order chi connectivity index (χ1) is 9.43. The molecule has 0 unspecified atom stereocenters. The number of nitrogens with one attached hydrogen (secondary N) is 2. The van der Waals surface area contributed by atoms with Crippen LogP contribution in [0.2, 0.25) is 0 Å². The molecule has 0 aliphatic heterocycles. The van der Waals surface area contributed by atoms with Gasteiger partial charge in [0.1, 0.15) is 17.0 Å². The monoisotopic (exact) mass is 275 g/mol. The van der Waals surface area contributed by atoms with Gasteiger partial charge in [-0.1, -0.05) is 12.1 Å². The minimum atomic E-state index is -0.380. The Balaban J connectivity index is 2.35. The second-order valence-electron chi connectivity index (χ2n) is 4.69. The summed E-state index contributed by atoms with van der Waals surface area (Å²) in [6.07, 6.45) is 0.587. The Morgan fingerprint density at radius 3 is 2.75 bits per heavy atom. The van der Waals surface area contributed by atoms with Crippen LogP contribution in [-0.2, 0) is 6.42 Å². The van der Waals surface area contributed by atoms with E-state index in [1.54, 1.807) is 13.0 Å². The van der Waals surface area contributed by atoms with Gasteiger partial charge >= 0.3 is 0 Å². The van der Waals surface area contributed by atoms with Crippen molar-refractivity contribution >= 4 is 11.6 Å². The quantitative estimate of drug-likeness (QED) is 0.897. The average Bonchev–Trinajstić information content (AvgIpc) is 2.77. The number of carbonyl (C=O) groups is 1. The molecule has 0 fully saturated rings. The van der Waals surface area contributed by atoms with Crippen LogP contribution in [0.5, 0.6) is 0 Å². The molecule has 2 heterocycles. The zero-order chi connectivity index (χ0) is 14.9. The van der Waals surface area contributed by atoms with Crippen LogP contribution in [0.4, 0.5) is 5.69 Å². The number of anilines is 1. The first kappa shape index (κ1) is 14.0. The van der Waals surface area contributed by atoms with Gasteiger partial charge in [-0.25, -0.2) is 0 Å². The molecule has 1 amide bonds. The number of carbonyl (C=O) groups excluding carboxylic acids is 1. The van der Waals surface area contributed by atoms with Crippen molar-refractivity contribution in [3.63, 3.8) is 0 Å². The van der Waals surface area contributed by atoms with Gasteiger partial charge < -0.3 is 14.8 Å². The second-order valence-corrected chi connectivity index (χ2v) is 4.69. The van der Waals surface area contributed by atoms with E-state index in [2.05, 4.69) is 15.5 Å². The molecule has 6 heteroatoms. The van der Waals surface area contributed by atoms with Crippen molar-refractivity contribution in [3.05, 3.63) is 44.7 Å². The van der Waals surface area contributed by atoms with Gasteiger partial charge in [0.25, 0.3) is 11.5 Å². The maximum Gasteiger partial charge on any atom is 0.271 e. The fourth-order valence-electron chi connectivity index (χ4n) is 1.95. The molecule has 2 rings (SSSR count). The molecule has 0 bridgehead atoms. The van der Waals surface area contributed by atoms with Crippen LogP contribution < -0.4 is 10.9 Å². The molecule has 0 aliphatic rings. The van der Waals surface area contributed by atoms with E-state index in [1.165, 1.54) is 0 Å². The SMILES string of the molecule is CCc1noc(C)c1C(=O)Nc1cc(C)c(C)[nH]c1=O. The highest BCUT2D eigenvalue weighted by atomic mass is 16.5. The number of pyridine rings is 1. The van der Waals surface area contributed by atoms with Crippen LogP contribution in [0.3, 0.4) is 0 Å². The summed E-state index contributed by atoms with van der Waals surface area (Å²) < 4.78 is 5.02. The molecule has 0 saturated heterocycles. The zero-order valence-corrected chi connectivity index (χ0v) is 12.0. The van der Waals surface area contributed by atoms with Crippen molar-refractivity contribution in [2.24, 2.45) is 0 Å². The molecule has 20 heavy (non-hydrogen) atoms. The van der Waals surface area contributed by atoms with E-state index in [0.29, 0.717) is 23.4 Å². The molecule has 2 aromatic rings. The van der Waals surface area contributed by atoms with Gasteiger partial charge in [0.2, 0.25) is 0 Å². The molecule has 2 N–H and O–H groups in total. The maximum absolute atomic E-state index is 12.3. The number of rotatable bonds is 3. The first-order valence-corrected chi connectivity index (χ1v) is 6.41. The predicted octanol–water partition coefficient (Wildman–Crippen LogP) is 2.10. The fraction of sp³-hybridized carbons (Fsp3) is 0.357. The molecule has 2 aromatic heterocycles. The number of amides is 1. The molecular formula is C14H17N3O3. The van der Waals surface area contributed by atoms with E-state index >= 15 is 0 Å². The molecule has 106 valence electrons. The standard InChI is InChI=1S/C14H17N3O3/c1-5-10-12(9(4)20-17-10)14(19)16-11-6-7(2)8(3)15-13(11)18/h6H,5H2,1-4H3,(H,15,18)(H,16,19). The van der Waals surface area contributed by atoms with Crippen molar-refractivity contribution in [1.82, 2.24) is 10.1 Å². The van der Waals surface area contributed by atoms with Gasteiger partial charge in [0, 0.05) is 5.69 Å². The van der Waals surface area contributed by atoms with Gasteiger partial charge in [-0.3, -0.25) is 9.59 Å². The summed E-state index contributed by atoms with van der Waals surface area (Å²) in [7, 11) is 0. The summed E-state index contributed by atoms with van der Waals surface area (Å²) in [5.41, 5.74) is 2.56. The van der Waals surface area contributed by atoms with Crippen LogP contribution in [0.1, 0.15) is 40.0 Å². The number of H-pyrrole nitrogens is 1. The summed E-state index contributed by atoms with van der Waals surface area (Å²) in [6.45, 7) is 7.23. The Bertz CT molecular complexity index is 713. The van der Waals surface area contributed by atoms with Crippen molar-refractivity contribution in [2.75, 3.05) is 5.32 Å². The van der Waals surface area contributed by atoms with E-state index in [-0.39, 0.29) is 17.2 Å². The lowest BCUT2D eigenvalue weighted by Crippen LogP contribution is -2.21. The molecule has 0 saturated carbocycles. The number of nitrogens with zero attached hydrogens (tertiary/aromatic N) is 1. The van der Waals surface area contributed by atoms with Crippen LogP contribution >= 0.6 is 0 Å². The van der Waals surface area contributed by atoms with Crippen LogP contribution in [0, 0.1) is 20.8 Å². The van der Waals surface area contributed by atoms with Gasteiger partial charge in [0.05, 0.1) is 5.69 Å². The summed E-state index contributed by atoms with van der Waals surface area (Å²) >= 11 is 0. The summed E-state index contributed by atoms with van der Waals surface area (Å²) in [6, 6.07) is 1.65. The topological polar surface area (TPSA) is 88.0 Å². The lowest BCUT2D eigenvalue weighted by Gasteiger charge is -2.07. The van der Waals surface area contributed by atoms with Crippen LogP contribution in [0.25, 0.3) is 0 Å². The smallest absolute Gasteiger partial charge is 0.271 e. The predicted molar refractivity (Wildman–Crippen MR) is 75.1 cm³/mol.